The Labute approximate surface area is 119 Å². The number of benzene rings is 3. The highest BCUT2D eigenvalue weighted by molar-refractivity contribution is 5.63. The maximum absolute atomic E-state index is 4.28. The van der Waals surface area contributed by atoms with Crippen molar-refractivity contribution < 1.29 is 5.73 Å². The van der Waals surface area contributed by atoms with Crippen LogP contribution in [0.25, 0.3) is 11.1 Å². The van der Waals surface area contributed by atoms with Crippen molar-refractivity contribution in [3.63, 3.8) is 0 Å². The largest absolute Gasteiger partial charge is 0.348 e. The molecule has 1 nitrogen and oxygen atoms in total. The second-order valence-corrected chi connectivity index (χ2v) is 4.95. The van der Waals surface area contributed by atoms with Gasteiger partial charge in [0.05, 0.1) is 0 Å². The van der Waals surface area contributed by atoms with Gasteiger partial charge in [-0.25, -0.2) is 0 Å². The molecule has 98 valence electrons. The molecule has 1 atom stereocenters. The maximum atomic E-state index is 4.28. The van der Waals surface area contributed by atoms with Gasteiger partial charge in [-0.05, 0) is 11.1 Å². The molecule has 0 amide bonds. The fourth-order valence-corrected chi connectivity index (χ4v) is 2.42. The van der Waals surface area contributed by atoms with Crippen LogP contribution in [-0.2, 0) is 0 Å². The standard InChI is InChI=1S/C19H17N/c20-19(17-9-5-2-6-10-17)18-13-11-16(12-14-18)15-7-3-1-4-8-15/h1-14,19H,20H2/p+1/t19-/m1/s1. The summed E-state index contributed by atoms with van der Waals surface area (Å²) in [5.41, 5.74) is 9.27. The van der Waals surface area contributed by atoms with Gasteiger partial charge in [-0.2, -0.15) is 0 Å². The minimum Gasteiger partial charge on any atom is -0.348 e. The summed E-state index contributed by atoms with van der Waals surface area (Å²) >= 11 is 0. The van der Waals surface area contributed by atoms with E-state index in [1.54, 1.807) is 0 Å². The fourth-order valence-electron chi connectivity index (χ4n) is 2.42. The van der Waals surface area contributed by atoms with E-state index in [0.29, 0.717) is 0 Å². The highest BCUT2D eigenvalue weighted by atomic mass is 14.6. The van der Waals surface area contributed by atoms with E-state index in [4.69, 9.17) is 0 Å². The number of hydrogen-bond acceptors (Lipinski definition) is 0. The predicted molar refractivity (Wildman–Crippen MR) is 83.1 cm³/mol. The monoisotopic (exact) mass is 260 g/mol. The van der Waals surface area contributed by atoms with Crippen LogP contribution in [0.4, 0.5) is 0 Å². The van der Waals surface area contributed by atoms with Crippen molar-refractivity contribution >= 4 is 0 Å². The zero-order chi connectivity index (χ0) is 13.8. The van der Waals surface area contributed by atoms with Crippen LogP contribution in [0.2, 0.25) is 0 Å². The van der Waals surface area contributed by atoms with Crippen LogP contribution in [0.5, 0.6) is 0 Å². The van der Waals surface area contributed by atoms with Gasteiger partial charge in [0.25, 0.3) is 0 Å². The Hall–Kier alpha value is -2.38. The van der Waals surface area contributed by atoms with Gasteiger partial charge in [-0.1, -0.05) is 84.9 Å². The molecular formula is C19H18N+. The van der Waals surface area contributed by atoms with Gasteiger partial charge < -0.3 is 5.73 Å². The van der Waals surface area contributed by atoms with Crippen LogP contribution in [-0.4, -0.2) is 0 Å². The van der Waals surface area contributed by atoms with Gasteiger partial charge in [0.15, 0.2) is 0 Å². The van der Waals surface area contributed by atoms with Crippen LogP contribution in [0.3, 0.4) is 0 Å². The molecule has 3 aromatic rings. The molecule has 0 spiro atoms. The van der Waals surface area contributed by atoms with Gasteiger partial charge in [-0.15, -0.1) is 0 Å². The lowest BCUT2D eigenvalue weighted by Gasteiger charge is -2.10. The quantitative estimate of drug-likeness (QED) is 0.744. The van der Waals surface area contributed by atoms with Gasteiger partial charge in [0, 0.05) is 11.1 Å². The molecule has 3 aromatic carbocycles. The Balaban J connectivity index is 1.87. The van der Waals surface area contributed by atoms with Crippen molar-refractivity contribution in [3.05, 3.63) is 96.1 Å². The lowest BCUT2D eigenvalue weighted by molar-refractivity contribution is -0.411. The molecule has 0 radical (unpaired) electrons. The summed E-state index contributed by atoms with van der Waals surface area (Å²) in [6, 6.07) is 29.7. The van der Waals surface area contributed by atoms with Crippen molar-refractivity contribution in [1.82, 2.24) is 0 Å². The molecule has 0 aromatic heterocycles. The van der Waals surface area contributed by atoms with Crippen LogP contribution in [0.15, 0.2) is 84.9 Å². The van der Waals surface area contributed by atoms with Gasteiger partial charge in [0.1, 0.15) is 6.04 Å². The third-order valence-electron chi connectivity index (χ3n) is 3.62. The maximum Gasteiger partial charge on any atom is 0.136 e. The molecule has 0 saturated heterocycles. The SMILES string of the molecule is [NH3+][C@H](c1ccccc1)c1ccc(-c2ccccc2)cc1. The third-order valence-corrected chi connectivity index (χ3v) is 3.62. The smallest absolute Gasteiger partial charge is 0.136 e. The van der Waals surface area contributed by atoms with Crippen molar-refractivity contribution in [2.75, 3.05) is 0 Å². The lowest BCUT2D eigenvalue weighted by Crippen LogP contribution is -2.53. The number of hydrogen-bond donors (Lipinski definition) is 1. The Kier molecular flexibility index (Phi) is 3.62. The molecule has 0 saturated carbocycles. The zero-order valence-corrected chi connectivity index (χ0v) is 11.4. The number of quaternary nitrogens is 1. The molecule has 0 aliphatic carbocycles. The minimum absolute atomic E-state index is 0.182. The van der Waals surface area contributed by atoms with Gasteiger partial charge in [-0.3, -0.25) is 0 Å². The minimum atomic E-state index is 0.182. The first-order valence-electron chi connectivity index (χ1n) is 6.88. The van der Waals surface area contributed by atoms with E-state index in [0.717, 1.165) is 0 Å². The van der Waals surface area contributed by atoms with Gasteiger partial charge in [0.2, 0.25) is 0 Å². The van der Waals surface area contributed by atoms with Crippen molar-refractivity contribution in [2.45, 2.75) is 6.04 Å². The van der Waals surface area contributed by atoms with E-state index < -0.39 is 0 Å². The molecule has 3 N–H and O–H groups in total. The van der Waals surface area contributed by atoms with E-state index in [1.165, 1.54) is 22.3 Å². The van der Waals surface area contributed by atoms with E-state index in [-0.39, 0.29) is 6.04 Å². The average molecular weight is 260 g/mol. The third kappa shape index (κ3) is 2.63. The van der Waals surface area contributed by atoms with Crippen molar-refractivity contribution in [2.24, 2.45) is 0 Å². The van der Waals surface area contributed by atoms with E-state index in [1.807, 2.05) is 12.1 Å². The highest BCUT2D eigenvalue weighted by Gasteiger charge is 2.11. The summed E-state index contributed by atoms with van der Waals surface area (Å²) < 4.78 is 0. The summed E-state index contributed by atoms with van der Waals surface area (Å²) in [4.78, 5) is 0. The molecular weight excluding hydrogens is 242 g/mol. The second kappa shape index (κ2) is 5.72. The molecule has 0 aliphatic heterocycles. The summed E-state index contributed by atoms with van der Waals surface area (Å²) in [7, 11) is 0. The predicted octanol–water partition coefficient (Wildman–Crippen LogP) is 3.68. The average Bonchev–Trinajstić information content (AvgIpc) is 2.56. The Morgan fingerprint density at radius 2 is 0.950 bits per heavy atom. The highest BCUT2D eigenvalue weighted by Crippen LogP contribution is 2.23. The normalized spacial score (nSPS) is 12.1. The molecule has 20 heavy (non-hydrogen) atoms. The Morgan fingerprint density at radius 1 is 0.500 bits per heavy atom. The molecule has 1 heteroatoms. The second-order valence-electron chi connectivity index (χ2n) is 4.95. The van der Waals surface area contributed by atoms with Gasteiger partial charge >= 0.3 is 0 Å². The molecule has 3 rings (SSSR count). The first-order valence-corrected chi connectivity index (χ1v) is 6.88. The zero-order valence-electron chi connectivity index (χ0n) is 11.4. The molecule has 0 fully saturated rings. The molecule has 0 bridgehead atoms. The fraction of sp³-hybridized carbons (Fsp3) is 0.0526. The number of rotatable bonds is 3. The topological polar surface area (TPSA) is 27.6 Å². The summed E-state index contributed by atoms with van der Waals surface area (Å²) in [5, 5.41) is 0. The lowest BCUT2D eigenvalue weighted by atomic mass is 9.97. The first-order chi connectivity index (χ1) is 9.84. The van der Waals surface area contributed by atoms with Crippen LogP contribution < -0.4 is 5.73 Å². The Morgan fingerprint density at radius 3 is 1.55 bits per heavy atom. The molecule has 0 unspecified atom stereocenters. The molecule has 0 heterocycles. The van der Waals surface area contributed by atoms with Crippen LogP contribution in [0.1, 0.15) is 17.2 Å². The van der Waals surface area contributed by atoms with Crippen LogP contribution >= 0.6 is 0 Å². The van der Waals surface area contributed by atoms with E-state index in [9.17, 15) is 0 Å². The van der Waals surface area contributed by atoms with E-state index in [2.05, 4.69) is 78.5 Å². The first kappa shape index (κ1) is 12.6. The van der Waals surface area contributed by atoms with Crippen molar-refractivity contribution in [1.29, 1.82) is 0 Å². The van der Waals surface area contributed by atoms with Crippen LogP contribution in [0, 0.1) is 0 Å². The van der Waals surface area contributed by atoms with Crippen molar-refractivity contribution in [3.8, 4) is 11.1 Å². The van der Waals surface area contributed by atoms with E-state index >= 15 is 0 Å². The molecule has 0 aliphatic rings. The Bertz CT molecular complexity index is 657. The summed E-state index contributed by atoms with van der Waals surface area (Å²) in [6.45, 7) is 0. The summed E-state index contributed by atoms with van der Waals surface area (Å²) in [5.74, 6) is 0. The summed E-state index contributed by atoms with van der Waals surface area (Å²) in [6.07, 6.45) is 0.